The van der Waals surface area contributed by atoms with Gasteiger partial charge in [0.2, 0.25) is 0 Å². The van der Waals surface area contributed by atoms with Gasteiger partial charge in [-0.3, -0.25) is 14.9 Å². The number of carbonyl (C=O) groups is 3. The van der Waals surface area contributed by atoms with Gasteiger partial charge in [-0.05, 0) is 43.5 Å². The van der Waals surface area contributed by atoms with Crippen LogP contribution in [0.5, 0.6) is 11.5 Å². The Morgan fingerprint density at radius 2 is 1.68 bits per heavy atom. The number of hydrogen-bond donors (Lipinski definition) is 5. The summed E-state index contributed by atoms with van der Waals surface area (Å²) in [5.41, 5.74) is 3.38. The molecule has 3 aromatic rings. The van der Waals surface area contributed by atoms with E-state index < -0.39 is 28.8 Å². The monoisotopic (exact) mass is 583 g/mol. The number of carboxylic acids is 2. The molecule has 12 nitrogen and oxygen atoms in total. The number of methoxy groups -OCH3 is 2. The Bertz CT molecular complexity index is 1450. The van der Waals surface area contributed by atoms with Crippen molar-refractivity contribution in [2.24, 2.45) is 11.1 Å². The van der Waals surface area contributed by atoms with E-state index in [9.17, 15) is 24.6 Å². The van der Waals surface area contributed by atoms with E-state index >= 15 is 0 Å². The normalized spacial score (nSPS) is 19.2. The first-order valence-corrected chi connectivity index (χ1v) is 12.6. The van der Waals surface area contributed by atoms with Gasteiger partial charge in [-0.15, -0.1) is 0 Å². The first kappa shape index (κ1) is 30.7. The average molecular weight is 584 g/mol. The van der Waals surface area contributed by atoms with E-state index in [-0.39, 0.29) is 29.2 Å². The van der Waals surface area contributed by atoms with Crippen molar-refractivity contribution < 1.29 is 34.1 Å². The maximum absolute atomic E-state index is 12.2. The molecule has 1 aliphatic carbocycles. The number of halogens is 1. The molecule has 2 amide bonds. The number of urea groups is 1. The van der Waals surface area contributed by atoms with Gasteiger partial charge in [0, 0.05) is 17.8 Å². The minimum absolute atomic E-state index is 0.126. The number of para-hydroxylation sites is 1. The van der Waals surface area contributed by atoms with E-state index in [1.165, 1.54) is 39.6 Å². The number of primary amides is 1. The topological polar surface area (TPSA) is 186 Å². The van der Waals surface area contributed by atoms with E-state index in [0.29, 0.717) is 17.4 Å². The Kier molecular flexibility index (Phi) is 9.74. The summed E-state index contributed by atoms with van der Waals surface area (Å²) in [6, 6.07) is 13.6. The number of anilines is 3. The first-order valence-electron chi connectivity index (χ1n) is 12.2. The van der Waals surface area contributed by atoms with Crippen LogP contribution in [0.2, 0.25) is 5.02 Å². The average Bonchev–Trinajstić information content (AvgIpc) is 2.93. The van der Waals surface area contributed by atoms with Crippen molar-refractivity contribution in [3.8, 4) is 11.5 Å². The number of benzene rings is 2. The molecule has 13 heteroatoms. The molecule has 41 heavy (non-hydrogen) atoms. The number of ether oxygens (including phenoxy) is 2. The van der Waals surface area contributed by atoms with Gasteiger partial charge in [-0.2, -0.15) is 0 Å². The van der Waals surface area contributed by atoms with E-state index in [1.54, 1.807) is 18.2 Å². The molecule has 1 aliphatic rings. The second kappa shape index (κ2) is 13.0. The highest BCUT2D eigenvalue weighted by Gasteiger charge is 2.51. The number of allylic oxidation sites excluding steroid dienone is 1. The van der Waals surface area contributed by atoms with Gasteiger partial charge < -0.3 is 30.7 Å². The molecule has 0 radical (unpaired) electrons. The number of carbonyl (C=O) groups excluding carboxylic acids is 1. The molecule has 1 heterocycles. The van der Waals surface area contributed by atoms with E-state index in [4.69, 9.17) is 26.8 Å². The zero-order valence-electron chi connectivity index (χ0n) is 22.6. The molecule has 0 aliphatic heterocycles. The van der Waals surface area contributed by atoms with Crippen LogP contribution >= 0.6 is 11.6 Å². The van der Waals surface area contributed by atoms with Crippen LogP contribution in [0.4, 0.5) is 22.1 Å². The third-order valence-electron chi connectivity index (χ3n) is 6.47. The molecule has 0 spiro atoms. The fourth-order valence-corrected chi connectivity index (χ4v) is 4.75. The quantitative estimate of drug-likeness (QED) is 0.230. The second-order valence-corrected chi connectivity index (χ2v) is 9.73. The van der Waals surface area contributed by atoms with E-state index in [1.807, 2.05) is 30.3 Å². The van der Waals surface area contributed by atoms with Crippen LogP contribution in [0.1, 0.15) is 25.3 Å². The first-order chi connectivity index (χ1) is 19.4. The van der Waals surface area contributed by atoms with Crippen molar-refractivity contribution in [3.63, 3.8) is 0 Å². The van der Waals surface area contributed by atoms with Gasteiger partial charge in [0.25, 0.3) is 0 Å². The zero-order chi connectivity index (χ0) is 30.2. The maximum atomic E-state index is 12.2. The SMILES string of the molecule is COc1cc(OC)c(Cl)c(C2(C(=O)O)CC=CC(C)(C(=O)O)C2)c1.NC(=O)Nc1cc(Nc2ccccc2)ncn1. The van der Waals surface area contributed by atoms with Gasteiger partial charge >= 0.3 is 18.0 Å². The maximum Gasteiger partial charge on any atom is 0.317 e. The minimum Gasteiger partial charge on any atom is -0.497 e. The van der Waals surface area contributed by atoms with Gasteiger partial charge in [0.1, 0.15) is 29.5 Å². The summed E-state index contributed by atoms with van der Waals surface area (Å²) in [5, 5.41) is 25.0. The fourth-order valence-electron chi connectivity index (χ4n) is 4.39. The van der Waals surface area contributed by atoms with E-state index in [2.05, 4.69) is 20.6 Å². The van der Waals surface area contributed by atoms with Crippen molar-refractivity contribution in [2.45, 2.75) is 25.2 Å². The number of nitrogens with one attached hydrogen (secondary N) is 2. The van der Waals surface area contributed by atoms with Crippen molar-refractivity contribution in [1.82, 2.24) is 9.97 Å². The Hall–Kier alpha value is -4.84. The van der Waals surface area contributed by atoms with Crippen LogP contribution in [0.25, 0.3) is 0 Å². The summed E-state index contributed by atoms with van der Waals surface area (Å²) in [5.74, 6) is -0.635. The molecule has 0 saturated heterocycles. The number of aromatic nitrogens is 2. The number of amides is 2. The molecule has 1 aromatic heterocycles. The molecular weight excluding hydrogens is 554 g/mol. The Morgan fingerprint density at radius 3 is 2.27 bits per heavy atom. The van der Waals surface area contributed by atoms with Gasteiger partial charge in [-0.25, -0.2) is 14.8 Å². The predicted molar refractivity (Wildman–Crippen MR) is 153 cm³/mol. The number of rotatable bonds is 8. The summed E-state index contributed by atoms with van der Waals surface area (Å²) in [6.07, 6.45) is 4.45. The fraction of sp³-hybridized carbons (Fsp3) is 0.250. The van der Waals surface area contributed by atoms with Crippen LogP contribution in [-0.4, -0.2) is 52.4 Å². The summed E-state index contributed by atoms with van der Waals surface area (Å²) in [4.78, 5) is 42.3. The third-order valence-corrected chi connectivity index (χ3v) is 6.86. The second-order valence-electron chi connectivity index (χ2n) is 9.35. The Morgan fingerprint density at radius 1 is 1.00 bits per heavy atom. The summed E-state index contributed by atoms with van der Waals surface area (Å²) in [7, 11) is 2.86. The lowest BCUT2D eigenvalue weighted by molar-refractivity contribution is -0.151. The lowest BCUT2D eigenvalue weighted by atomic mass is 9.63. The standard InChI is InChI=1S/C17H19ClO6.C11H11N5O/c1-16(14(19)20)5-4-6-17(9-16,15(21)22)11-7-10(23-2)8-12(24-3)13(11)18;12-11(17)16-10-6-9(13-7-14-10)15-8-4-2-1-3-5-8/h4-5,7-8H,6,9H2,1-3H3,(H,19,20)(H,21,22);1-7H,(H4,12,13,14,15,16,17). The Balaban J connectivity index is 0.000000239. The molecule has 2 unspecified atom stereocenters. The molecule has 2 atom stereocenters. The van der Waals surface area contributed by atoms with E-state index in [0.717, 1.165) is 5.69 Å². The minimum atomic E-state index is -1.49. The lowest BCUT2D eigenvalue weighted by Gasteiger charge is -2.39. The zero-order valence-corrected chi connectivity index (χ0v) is 23.3. The van der Waals surface area contributed by atoms with Crippen LogP contribution in [0.15, 0.2) is 67.0 Å². The van der Waals surface area contributed by atoms with Gasteiger partial charge in [0.15, 0.2) is 0 Å². The molecule has 216 valence electrons. The van der Waals surface area contributed by atoms with Crippen LogP contribution in [0.3, 0.4) is 0 Å². The highest BCUT2D eigenvalue weighted by Crippen LogP contribution is 2.49. The molecule has 6 N–H and O–H groups in total. The number of carboxylic acid groups (broad SMARTS) is 2. The molecule has 0 fully saturated rings. The van der Waals surface area contributed by atoms with Crippen LogP contribution < -0.4 is 25.8 Å². The third kappa shape index (κ3) is 7.22. The van der Waals surface area contributed by atoms with Crippen LogP contribution in [-0.2, 0) is 15.0 Å². The van der Waals surface area contributed by atoms with Crippen molar-refractivity contribution in [3.05, 3.63) is 77.6 Å². The smallest absolute Gasteiger partial charge is 0.317 e. The highest BCUT2D eigenvalue weighted by molar-refractivity contribution is 6.33. The predicted octanol–water partition coefficient (Wildman–Crippen LogP) is 4.83. The van der Waals surface area contributed by atoms with Crippen molar-refractivity contribution in [2.75, 3.05) is 24.9 Å². The Labute approximate surface area is 241 Å². The summed E-state index contributed by atoms with van der Waals surface area (Å²) < 4.78 is 10.4. The van der Waals surface area contributed by atoms with Gasteiger partial charge in [-0.1, -0.05) is 42.0 Å². The van der Waals surface area contributed by atoms with Gasteiger partial charge in [0.05, 0.1) is 30.1 Å². The summed E-state index contributed by atoms with van der Waals surface area (Å²) >= 11 is 6.36. The molecule has 0 bridgehead atoms. The number of nitrogens with zero attached hydrogens (tertiary/aromatic N) is 2. The molecule has 4 rings (SSSR count). The van der Waals surface area contributed by atoms with Crippen LogP contribution in [0, 0.1) is 5.41 Å². The number of nitrogens with two attached hydrogens (primary N) is 1. The summed E-state index contributed by atoms with van der Waals surface area (Å²) in [6.45, 7) is 1.49. The van der Waals surface area contributed by atoms with Crippen molar-refractivity contribution in [1.29, 1.82) is 0 Å². The molecule has 2 aromatic carbocycles. The number of aliphatic carboxylic acids is 2. The number of hydrogen-bond acceptors (Lipinski definition) is 8. The lowest BCUT2D eigenvalue weighted by Crippen LogP contribution is -2.45. The largest absolute Gasteiger partial charge is 0.497 e. The van der Waals surface area contributed by atoms with Crippen molar-refractivity contribution >= 4 is 46.9 Å². The highest BCUT2D eigenvalue weighted by atomic mass is 35.5. The molecular formula is C28H30ClN5O7. The molecule has 0 saturated carbocycles.